The van der Waals surface area contributed by atoms with Crippen molar-refractivity contribution >= 4 is 5.69 Å². The third kappa shape index (κ3) is 2.45. The molecule has 0 amide bonds. The first-order valence-corrected chi connectivity index (χ1v) is 6.40. The maximum atomic E-state index is 5.85. The fraction of sp³-hybridized carbons (Fsp3) is 0.571. The monoisotopic (exact) mass is 234 g/mol. The molecule has 1 heterocycles. The minimum absolute atomic E-state index is 0.315. The van der Waals surface area contributed by atoms with E-state index in [1.165, 1.54) is 16.8 Å². The van der Waals surface area contributed by atoms with E-state index >= 15 is 0 Å². The van der Waals surface area contributed by atoms with Gasteiger partial charge < -0.3 is 15.4 Å². The van der Waals surface area contributed by atoms with Crippen LogP contribution in [0.1, 0.15) is 18.1 Å². The van der Waals surface area contributed by atoms with Gasteiger partial charge in [-0.15, -0.1) is 0 Å². The molecule has 2 rings (SSSR count). The van der Waals surface area contributed by atoms with Crippen LogP contribution in [0.2, 0.25) is 0 Å². The molecular formula is C14H22N2O. The van der Waals surface area contributed by atoms with Crippen molar-refractivity contribution in [2.24, 2.45) is 5.73 Å². The summed E-state index contributed by atoms with van der Waals surface area (Å²) in [4.78, 5) is 2.43. The first-order chi connectivity index (χ1) is 8.27. The average Bonchev–Trinajstić information content (AvgIpc) is 2.38. The Kier molecular flexibility index (Phi) is 4.02. The normalized spacial score (nSPS) is 20.6. The van der Waals surface area contributed by atoms with Crippen LogP contribution < -0.4 is 10.6 Å². The van der Waals surface area contributed by atoms with Crippen LogP contribution in [0, 0.1) is 6.92 Å². The molecule has 1 aliphatic heterocycles. The topological polar surface area (TPSA) is 38.5 Å². The SMILES string of the molecule is CCc1cccc(C)c1N1CCOCC1CN. The predicted molar refractivity (Wildman–Crippen MR) is 71.6 cm³/mol. The van der Waals surface area contributed by atoms with Gasteiger partial charge in [-0.05, 0) is 24.5 Å². The number of aryl methyl sites for hydroxylation is 2. The van der Waals surface area contributed by atoms with E-state index < -0.39 is 0 Å². The maximum Gasteiger partial charge on any atom is 0.0683 e. The molecule has 0 spiro atoms. The number of nitrogens with zero attached hydrogens (tertiary/aromatic N) is 1. The Morgan fingerprint density at radius 3 is 3.00 bits per heavy atom. The van der Waals surface area contributed by atoms with E-state index in [2.05, 4.69) is 36.9 Å². The Bertz CT molecular complexity index is 378. The van der Waals surface area contributed by atoms with Crippen molar-refractivity contribution < 1.29 is 4.74 Å². The Morgan fingerprint density at radius 2 is 2.29 bits per heavy atom. The van der Waals surface area contributed by atoms with Crippen molar-refractivity contribution in [3.63, 3.8) is 0 Å². The van der Waals surface area contributed by atoms with Crippen LogP contribution in [0.4, 0.5) is 5.69 Å². The summed E-state index contributed by atoms with van der Waals surface area (Å²) in [6, 6.07) is 6.84. The standard InChI is InChI=1S/C14H22N2O/c1-3-12-6-4-5-11(2)14(12)16-7-8-17-10-13(16)9-15/h4-6,13H,3,7-10,15H2,1-2H3. The first-order valence-electron chi connectivity index (χ1n) is 6.40. The second-order valence-electron chi connectivity index (χ2n) is 4.59. The first kappa shape index (κ1) is 12.4. The summed E-state index contributed by atoms with van der Waals surface area (Å²) in [6.45, 7) is 7.52. The van der Waals surface area contributed by atoms with Gasteiger partial charge in [-0.3, -0.25) is 0 Å². The lowest BCUT2D eigenvalue weighted by molar-refractivity contribution is 0.0961. The summed E-state index contributed by atoms with van der Waals surface area (Å²) < 4.78 is 5.52. The highest BCUT2D eigenvalue weighted by Crippen LogP contribution is 2.28. The van der Waals surface area contributed by atoms with Crippen molar-refractivity contribution in [3.05, 3.63) is 29.3 Å². The molecule has 1 aromatic carbocycles. The number of ether oxygens (including phenoxy) is 1. The van der Waals surface area contributed by atoms with Gasteiger partial charge in [0.25, 0.3) is 0 Å². The summed E-state index contributed by atoms with van der Waals surface area (Å²) in [5, 5.41) is 0. The van der Waals surface area contributed by atoms with E-state index in [4.69, 9.17) is 10.5 Å². The highest BCUT2D eigenvalue weighted by atomic mass is 16.5. The van der Waals surface area contributed by atoms with E-state index in [-0.39, 0.29) is 0 Å². The van der Waals surface area contributed by atoms with Gasteiger partial charge in [-0.2, -0.15) is 0 Å². The predicted octanol–water partition coefficient (Wildman–Crippen LogP) is 1.72. The van der Waals surface area contributed by atoms with Gasteiger partial charge in [0.2, 0.25) is 0 Å². The molecule has 3 heteroatoms. The molecule has 0 saturated carbocycles. The molecule has 1 unspecified atom stereocenters. The zero-order valence-electron chi connectivity index (χ0n) is 10.8. The van der Waals surface area contributed by atoms with Crippen LogP contribution in [0.15, 0.2) is 18.2 Å². The average molecular weight is 234 g/mol. The fourth-order valence-corrected chi connectivity index (χ4v) is 2.56. The van der Waals surface area contributed by atoms with Crippen molar-refractivity contribution in [2.75, 3.05) is 31.2 Å². The number of hydrogen-bond donors (Lipinski definition) is 1. The Labute approximate surface area is 104 Å². The molecule has 1 saturated heterocycles. The summed E-state index contributed by atoms with van der Waals surface area (Å²) in [6.07, 6.45) is 1.06. The largest absolute Gasteiger partial charge is 0.377 e. The molecule has 2 N–H and O–H groups in total. The number of morpholine rings is 1. The Balaban J connectivity index is 2.36. The van der Waals surface area contributed by atoms with Crippen LogP contribution in [-0.4, -0.2) is 32.3 Å². The molecule has 1 fully saturated rings. The molecule has 1 aromatic rings. The molecule has 0 aliphatic carbocycles. The highest BCUT2D eigenvalue weighted by molar-refractivity contribution is 5.60. The highest BCUT2D eigenvalue weighted by Gasteiger charge is 2.24. The van der Waals surface area contributed by atoms with Gasteiger partial charge >= 0.3 is 0 Å². The second-order valence-corrected chi connectivity index (χ2v) is 4.59. The third-order valence-corrected chi connectivity index (χ3v) is 3.49. The van der Waals surface area contributed by atoms with Crippen molar-refractivity contribution in [3.8, 4) is 0 Å². The van der Waals surface area contributed by atoms with Gasteiger partial charge in [-0.25, -0.2) is 0 Å². The second kappa shape index (κ2) is 5.52. The van der Waals surface area contributed by atoms with Crippen molar-refractivity contribution in [1.82, 2.24) is 0 Å². The number of hydrogen-bond acceptors (Lipinski definition) is 3. The van der Waals surface area contributed by atoms with Gasteiger partial charge in [0.15, 0.2) is 0 Å². The maximum absolute atomic E-state index is 5.85. The van der Waals surface area contributed by atoms with Crippen LogP contribution in [0.3, 0.4) is 0 Å². The minimum Gasteiger partial charge on any atom is -0.377 e. The zero-order valence-corrected chi connectivity index (χ0v) is 10.8. The lowest BCUT2D eigenvalue weighted by Crippen LogP contribution is -2.50. The molecule has 1 atom stereocenters. The third-order valence-electron chi connectivity index (χ3n) is 3.49. The van der Waals surface area contributed by atoms with Crippen LogP contribution in [-0.2, 0) is 11.2 Å². The Hall–Kier alpha value is -1.06. The number of nitrogens with two attached hydrogens (primary N) is 1. The molecule has 94 valence electrons. The molecular weight excluding hydrogens is 212 g/mol. The number of benzene rings is 1. The van der Waals surface area contributed by atoms with Gasteiger partial charge in [0, 0.05) is 18.8 Å². The van der Waals surface area contributed by atoms with E-state index in [1.54, 1.807) is 0 Å². The summed E-state index contributed by atoms with van der Waals surface area (Å²) in [5.41, 5.74) is 9.97. The van der Waals surface area contributed by atoms with Crippen molar-refractivity contribution in [2.45, 2.75) is 26.3 Å². The number of para-hydroxylation sites is 1. The van der Waals surface area contributed by atoms with Gasteiger partial charge in [0.1, 0.15) is 0 Å². The zero-order chi connectivity index (χ0) is 12.3. The fourth-order valence-electron chi connectivity index (χ4n) is 2.56. The number of rotatable bonds is 3. The lowest BCUT2D eigenvalue weighted by atomic mass is 10.0. The molecule has 0 aromatic heterocycles. The van der Waals surface area contributed by atoms with E-state index in [0.29, 0.717) is 12.6 Å². The van der Waals surface area contributed by atoms with E-state index in [0.717, 1.165) is 26.2 Å². The smallest absolute Gasteiger partial charge is 0.0683 e. The molecule has 0 radical (unpaired) electrons. The van der Waals surface area contributed by atoms with E-state index in [9.17, 15) is 0 Å². The quantitative estimate of drug-likeness (QED) is 0.865. The molecule has 1 aliphatic rings. The van der Waals surface area contributed by atoms with Gasteiger partial charge in [-0.1, -0.05) is 25.1 Å². The van der Waals surface area contributed by atoms with E-state index in [1.807, 2.05) is 0 Å². The molecule has 3 nitrogen and oxygen atoms in total. The van der Waals surface area contributed by atoms with Gasteiger partial charge in [0.05, 0.1) is 19.3 Å². The molecule has 0 bridgehead atoms. The van der Waals surface area contributed by atoms with Crippen LogP contribution in [0.25, 0.3) is 0 Å². The Morgan fingerprint density at radius 1 is 1.47 bits per heavy atom. The van der Waals surface area contributed by atoms with Crippen molar-refractivity contribution in [1.29, 1.82) is 0 Å². The summed E-state index contributed by atoms with van der Waals surface area (Å²) in [7, 11) is 0. The number of anilines is 1. The summed E-state index contributed by atoms with van der Waals surface area (Å²) >= 11 is 0. The minimum atomic E-state index is 0.315. The van der Waals surface area contributed by atoms with Crippen LogP contribution in [0.5, 0.6) is 0 Å². The molecule has 17 heavy (non-hydrogen) atoms. The van der Waals surface area contributed by atoms with Crippen LogP contribution >= 0.6 is 0 Å². The summed E-state index contributed by atoms with van der Waals surface area (Å²) in [5.74, 6) is 0. The lowest BCUT2D eigenvalue weighted by Gasteiger charge is -2.38.